The molecule has 0 saturated heterocycles. The number of alkyl halides is 3. The molecule has 4 rings (SSSR count). The highest BCUT2D eigenvalue weighted by Crippen LogP contribution is 2.33. The first kappa shape index (κ1) is 21.9. The summed E-state index contributed by atoms with van der Waals surface area (Å²) in [6.07, 6.45) is -1.67. The zero-order valence-corrected chi connectivity index (χ0v) is 17.8. The Morgan fingerprint density at radius 3 is 2.59 bits per heavy atom. The zero-order valence-electron chi connectivity index (χ0n) is 17.0. The van der Waals surface area contributed by atoms with Crippen LogP contribution in [0.2, 0.25) is 0 Å². The van der Waals surface area contributed by atoms with Crippen LogP contribution in [0.25, 0.3) is 21.5 Å². The van der Waals surface area contributed by atoms with Crippen LogP contribution in [0.5, 0.6) is 5.75 Å². The highest BCUT2D eigenvalue weighted by molar-refractivity contribution is 7.15. The number of carboxylic acid groups (broad SMARTS) is 1. The number of rotatable bonds is 7. The van der Waals surface area contributed by atoms with Crippen LogP contribution < -0.4 is 4.74 Å². The number of halogens is 3. The molecule has 0 spiro atoms. The van der Waals surface area contributed by atoms with E-state index < -0.39 is 24.3 Å². The highest BCUT2D eigenvalue weighted by atomic mass is 32.1. The van der Waals surface area contributed by atoms with Gasteiger partial charge < -0.3 is 14.4 Å². The maximum absolute atomic E-state index is 12.8. The number of carbonyl (C=O) groups is 1. The molecule has 32 heavy (non-hydrogen) atoms. The van der Waals surface area contributed by atoms with Crippen molar-refractivity contribution in [1.29, 1.82) is 0 Å². The van der Waals surface area contributed by atoms with Crippen molar-refractivity contribution in [3.05, 3.63) is 70.9 Å². The maximum atomic E-state index is 12.8. The van der Waals surface area contributed by atoms with Crippen molar-refractivity contribution < 1.29 is 27.8 Å². The molecule has 0 aliphatic heterocycles. The second-order valence-corrected chi connectivity index (χ2v) is 8.35. The predicted molar refractivity (Wildman–Crippen MR) is 116 cm³/mol. The van der Waals surface area contributed by atoms with Crippen LogP contribution in [0, 0.1) is 6.92 Å². The summed E-state index contributed by atoms with van der Waals surface area (Å²) < 4.78 is 45.7. The predicted octanol–water partition coefficient (Wildman–Crippen LogP) is 5.80. The first-order valence-corrected chi connectivity index (χ1v) is 10.6. The zero-order chi connectivity index (χ0) is 22.9. The number of aromatic nitrogens is 2. The van der Waals surface area contributed by atoms with Crippen LogP contribution in [0.3, 0.4) is 0 Å². The number of nitrogens with zero attached hydrogens (tertiary/aromatic N) is 2. The molecule has 0 unspecified atom stereocenters. The lowest BCUT2D eigenvalue weighted by molar-refractivity contribution is -0.139. The Morgan fingerprint density at radius 2 is 1.91 bits per heavy atom. The normalized spacial score (nSPS) is 11.8. The lowest BCUT2D eigenvalue weighted by atomic mass is 10.1. The number of fused-ring (bicyclic) bond motifs is 1. The SMILES string of the molecule is Cc1nc(-c2ccc(C(F)(F)F)cc2)sc1CCn1ccc2cc(OCC(=O)O)ccc21. The highest BCUT2D eigenvalue weighted by Gasteiger charge is 2.30. The van der Waals surface area contributed by atoms with E-state index in [-0.39, 0.29) is 0 Å². The number of thiazole rings is 1. The second-order valence-electron chi connectivity index (χ2n) is 7.26. The summed E-state index contributed by atoms with van der Waals surface area (Å²) in [5, 5.41) is 10.4. The van der Waals surface area contributed by atoms with Gasteiger partial charge in [-0.2, -0.15) is 13.2 Å². The van der Waals surface area contributed by atoms with Crippen molar-refractivity contribution in [1.82, 2.24) is 9.55 Å². The van der Waals surface area contributed by atoms with Crippen molar-refractivity contribution in [3.63, 3.8) is 0 Å². The molecule has 2 heterocycles. The van der Waals surface area contributed by atoms with Crippen LogP contribution in [-0.2, 0) is 23.9 Å². The van der Waals surface area contributed by atoms with Crippen molar-refractivity contribution in [2.24, 2.45) is 0 Å². The minimum atomic E-state index is -4.36. The van der Waals surface area contributed by atoms with E-state index in [4.69, 9.17) is 9.84 Å². The van der Waals surface area contributed by atoms with Crippen molar-refractivity contribution >= 4 is 28.2 Å². The van der Waals surface area contributed by atoms with E-state index in [1.54, 1.807) is 12.1 Å². The minimum absolute atomic E-state index is 0.391. The average molecular weight is 460 g/mol. The monoisotopic (exact) mass is 460 g/mol. The number of hydrogen-bond donors (Lipinski definition) is 1. The molecule has 0 aliphatic carbocycles. The summed E-state index contributed by atoms with van der Waals surface area (Å²) in [7, 11) is 0. The van der Waals surface area contributed by atoms with Crippen molar-refractivity contribution in [2.75, 3.05) is 6.61 Å². The summed E-state index contributed by atoms with van der Waals surface area (Å²) in [6, 6.07) is 12.4. The van der Waals surface area contributed by atoms with Gasteiger partial charge >= 0.3 is 12.1 Å². The molecule has 0 aliphatic rings. The summed E-state index contributed by atoms with van der Waals surface area (Å²) in [6.45, 7) is 2.21. The largest absolute Gasteiger partial charge is 0.482 e. The van der Waals surface area contributed by atoms with Gasteiger partial charge in [-0.1, -0.05) is 12.1 Å². The van der Waals surface area contributed by atoms with Crippen LogP contribution in [-0.4, -0.2) is 27.2 Å². The molecule has 2 aromatic carbocycles. The van der Waals surface area contributed by atoms with Gasteiger partial charge in [0.25, 0.3) is 0 Å². The van der Waals surface area contributed by atoms with Crippen LogP contribution >= 0.6 is 11.3 Å². The fourth-order valence-corrected chi connectivity index (χ4v) is 4.47. The van der Waals surface area contributed by atoms with Crippen molar-refractivity contribution in [2.45, 2.75) is 26.1 Å². The molecule has 0 bridgehead atoms. The lowest BCUT2D eigenvalue weighted by Gasteiger charge is -2.07. The average Bonchev–Trinajstić information content (AvgIpc) is 3.33. The molecule has 0 saturated carbocycles. The van der Waals surface area contributed by atoms with Gasteiger partial charge in [0.1, 0.15) is 10.8 Å². The van der Waals surface area contributed by atoms with E-state index in [0.717, 1.165) is 40.0 Å². The molecule has 166 valence electrons. The van der Waals surface area contributed by atoms with E-state index in [1.165, 1.54) is 23.5 Å². The lowest BCUT2D eigenvalue weighted by Crippen LogP contribution is -2.09. The molecule has 4 aromatic rings. The van der Waals surface area contributed by atoms with Gasteiger partial charge in [0.15, 0.2) is 6.61 Å². The fourth-order valence-electron chi connectivity index (χ4n) is 3.42. The molecule has 0 amide bonds. The van der Waals surface area contributed by atoms with Gasteiger partial charge in [0.2, 0.25) is 0 Å². The second kappa shape index (κ2) is 8.66. The number of aliphatic carboxylic acids is 1. The van der Waals surface area contributed by atoms with E-state index in [0.29, 0.717) is 22.9 Å². The molecular weight excluding hydrogens is 441 g/mol. The topological polar surface area (TPSA) is 64.4 Å². The third kappa shape index (κ3) is 4.77. The Morgan fingerprint density at radius 1 is 1.16 bits per heavy atom. The van der Waals surface area contributed by atoms with Crippen molar-refractivity contribution in [3.8, 4) is 16.3 Å². The minimum Gasteiger partial charge on any atom is -0.482 e. The Kier molecular flexibility index (Phi) is 5.92. The number of carboxylic acids is 1. The Bertz CT molecular complexity index is 1260. The molecule has 9 heteroatoms. The molecule has 2 aromatic heterocycles. The van der Waals surface area contributed by atoms with E-state index in [9.17, 15) is 18.0 Å². The van der Waals surface area contributed by atoms with Gasteiger partial charge in [-0.05, 0) is 43.3 Å². The first-order valence-electron chi connectivity index (χ1n) is 9.78. The number of aryl methyl sites for hydroxylation is 3. The van der Waals surface area contributed by atoms with Gasteiger partial charge in [-0.3, -0.25) is 0 Å². The number of ether oxygens (including phenoxy) is 1. The van der Waals surface area contributed by atoms with Gasteiger partial charge in [0, 0.05) is 40.5 Å². The Balaban J connectivity index is 1.47. The standard InChI is InChI=1S/C23H19F3N2O3S/c1-14-20(32-22(27-14)15-2-4-17(5-3-15)23(24,25)26)9-11-28-10-8-16-12-18(6-7-19(16)28)31-13-21(29)30/h2-8,10,12H,9,11,13H2,1H3,(H,29,30). The van der Waals surface area contributed by atoms with Crippen LogP contribution in [0.4, 0.5) is 13.2 Å². The van der Waals surface area contributed by atoms with Gasteiger partial charge in [0.05, 0.1) is 11.3 Å². The van der Waals surface area contributed by atoms with Crippen LogP contribution in [0.1, 0.15) is 16.1 Å². The molecule has 0 atom stereocenters. The molecule has 5 nitrogen and oxygen atoms in total. The maximum Gasteiger partial charge on any atom is 0.416 e. The van der Waals surface area contributed by atoms with Gasteiger partial charge in [-0.25, -0.2) is 9.78 Å². The summed E-state index contributed by atoms with van der Waals surface area (Å²) in [4.78, 5) is 16.3. The fraction of sp³-hybridized carbons (Fsp3) is 0.217. The molecule has 0 radical (unpaired) electrons. The quantitative estimate of drug-likeness (QED) is 0.379. The number of hydrogen-bond acceptors (Lipinski definition) is 4. The molecule has 0 fully saturated rings. The summed E-state index contributed by atoms with van der Waals surface area (Å²) in [5.74, 6) is -0.532. The van der Waals surface area contributed by atoms with Crippen LogP contribution in [0.15, 0.2) is 54.7 Å². The smallest absolute Gasteiger partial charge is 0.416 e. The third-order valence-electron chi connectivity index (χ3n) is 5.04. The first-order chi connectivity index (χ1) is 15.2. The molecular formula is C23H19F3N2O3S. The third-order valence-corrected chi connectivity index (χ3v) is 6.30. The van der Waals surface area contributed by atoms with E-state index in [2.05, 4.69) is 9.55 Å². The Hall–Kier alpha value is -3.33. The summed E-state index contributed by atoms with van der Waals surface area (Å²) in [5.41, 5.74) is 1.85. The summed E-state index contributed by atoms with van der Waals surface area (Å²) >= 11 is 1.48. The molecule has 1 N–H and O–H groups in total. The van der Waals surface area contributed by atoms with Gasteiger partial charge in [-0.15, -0.1) is 11.3 Å². The number of benzene rings is 2. The van der Waals surface area contributed by atoms with E-state index in [1.807, 2.05) is 25.3 Å². The Labute approximate surface area is 185 Å². The van der Waals surface area contributed by atoms with E-state index >= 15 is 0 Å².